The summed E-state index contributed by atoms with van der Waals surface area (Å²) in [6, 6.07) is 0. The van der Waals surface area contributed by atoms with Gasteiger partial charge in [-0.3, -0.25) is 4.90 Å². The van der Waals surface area contributed by atoms with E-state index < -0.39 is 5.60 Å². The minimum absolute atomic E-state index is 0.0133. The molecule has 0 bridgehead atoms. The van der Waals surface area contributed by atoms with Crippen molar-refractivity contribution in [3.8, 4) is 0 Å². The van der Waals surface area contributed by atoms with Crippen molar-refractivity contribution in [2.24, 2.45) is 11.8 Å². The summed E-state index contributed by atoms with van der Waals surface area (Å²) in [6.45, 7) is 15.2. The molecule has 2 heterocycles. The molecule has 1 aliphatic carbocycles. The molecular weight excluding hydrogens is 380 g/mol. The number of carbonyl (C=O) groups excluding carboxylic acids is 2. The van der Waals surface area contributed by atoms with Gasteiger partial charge in [0.2, 0.25) is 0 Å². The Kier molecular flexibility index (Phi) is 8.86. The molecule has 1 saturated carbocycles. The zero-order valence-corrected chi connectivity index (χ0v) is 20.2. The van der Waals surface area contributed by atoms with Gasteiger partial charge in [-0.25, -0.2) is 9.59 Å². The third-order valence-corrected chi connectivity index (χ3v) is 6.18. The molecule has 30 heavy (non-hydrogen) atoms. The summed E-state index contributed by atoms with van der Waals surface area (Å²) in [6.07, 6.45) is 9.17. The van der Waals surface area contributed by atoms with Crippen LogP contribution >= 0.6 is 0 Å². The zero-order valence-electron chi connectivity index (χ0n) is 20.2. The van der Waals surface area contributed by atoms with E-state index in [1.165, 1.54) is 25.7 Å². The topological polar surface area (TPSA) is 59.1 Å². The van der Waals surface area contributed by atoms with Crippen LogP contribution in [0.5, 0.6) is 0 Å². The highest BCUT2D eigenvalue weighted by Gasteiger charge is 2.56. The van der Waals surface area contributed by atoms with Crippen LogP contribution in [0.25, 0.3) is 0 Å². The fourth-order valence-corrected chi connectivity index (χ4v) is 4.06. The minimum Gasteiger partial charge on any atom is -0.447 e. The van der Waals surface area contributed by atoms with Crippen LogP contribution in [0.2, 0.25) is 0 Å². The lowest BCUT2D eigenvalue weighted by Gasteiger charge is -2.35. The van der Waals surface area contributed by atoms with E-state index in [-0.39, 0.29) is 17.7 Å². The summed E-state index contributed by atoms with van der Waals surface area (Å²) in [5.74, 6) is 1.35. The van der Waals surface area contributed by atoms with E-state index in [0.717, 1.165) is 38.1 Å². The Morgan fingerprint density at radius 2 is 1.83 bits per heavy atom. The molecule has 1 spiro atoms. The van der Waals surface area contributed by atoms with Crippen molar-refractivity contribution in [3.63, 3.8) is 0 Å². The summed E-state index contributed by atoms with van der Waals surface area (Å²) < 4.78 is 10.6. The number of nitrogens with zero attached hydrogens (tertiary/aromatic N) is 2. The predicted octanol–water partition coefficient (Wildman–Crippen LogP) is 5.84. The molecule has 6 heteroatoms. The summed E-state index contributed by atoms with van der Waals surface area (Å²) >= 11 is 0. The van der Waals surface area contributed by atoms with Crippen molar-refractivity contribution < 1.29 is 19.1 Å². The third kappa shape index (κ3) is 7.66. The Labute approximate surface area is 183 Å². The van der Waals surface area contributed by atoms with E-state index in [1.54, 1.807) is 4.90 Å². The molecule has 2 saturated heterocycles. The number of likely N-dealkylation sites (tertiary alicyclic amines) is 1. The molecule has 0 N–H and O–H groups in total. The number of cyclic esters (lactones) is 1. The molecule has 174 valence electrons. The molecular formula is C24H44N2O4. The number of piperidine rings is 1. The molecule has 0 atom stereocenters. The van der Waals surface area contributed by atoms with E-state index in [4.69, 9.17) is 9.47 Å². The third-order valence-electron chi connectivity index (χ3n) is 6.18. The standard InChI is InChI=1S/C16H26N2O4.C8H18/c1-15(2,3)22-13(19)17-8-4-12(5-9-17)10-18-14(20)21-11-16(18)6-7-16;1-4-5-6-7-8(2)3/h12H,4-11H2,1-3H3;8H,4-7H2,1-3H3. The average molecular weight is 425 g/mol. The number of rotatable bonds is 6. The van der Waals surface area contributed by atoms with Gasteiger partial charge in [-0.15, -0.1) is 0 Å². The second kappa shape index (κ2) is 10.7. The van der Waals surface area contributed by atoms with Crippen molar-refractivity contribution in [2.75, 3.05) is 26.2 Å². The minimum atomic E-state index is -0.453. The van der Waals surface area contributed by atoms with E-state index in [9.17, 15) is 9.59 Å². The Morgan fingerprint density at radius 3 is 2.33 bits per heavy atom. The van der Waals surface area contributed by atoms with E-state index in [0.29, 0.717) is 25.6 Å². The van der Waals surface area contributed by atoms with Crippen LogP contribution in [-0.2, 0) is 9.47 Å². The first-order valence-electron chi connectivity index (χ1n) is 12.0. The van der Waals surface area contributed by atoms with Gasteiger partial charge in [0, 0.05) is 19.6 Å². The van der Waals surface area contributed by atoms with Crippen LogP contribution in [0.4, 0.5) is 9.59 Å². The summed E-state index contributed by atoms with van der Waals surface area (Å²) in [5.41, 5.74) is -0.440. The predicted molar refractivity (Wildman–Crippen MR) is 120 cm³/mol. The van der Waals surface area contributed by atoms with Crippen LogP contribution < -0.4 is 0 Å². The summed E-state index contributed by atoms with van der Waals surface area (Å²) in [7, 11) is 0. The first-order valence-corrected chi connectivity index (χ1v) is 12.0. The summed E-state index contributed by atoms with van der Waals surface area (Å²) in [5, 5.41) is 0. The lowest BCUT2D eigenvalue weighted by molar-refractivity contribution is 0.0170. The van der Waals surface area contributed by atoms with Gasteiger partial charge in [0.05, 0.1) is 5.54 Å². The number of hydrogen-bond acceptors (Lipinski definition) is 4. The first kappa shape index (κ1) is 24.8. The highest BCUT2D eigenvalue weighted by atomic mass is 16.6. The Morgan fingerprint density at radius 1 is 1.20 bits per heavy atom. The van der Waals surface area contributed by atoms with Crippen LogP contribution in [0, 0.1) is 11.8 Å². The monoisotopic (exact) mass is 424 g/mol. The van der Waals surface area contributed by atoms with E-state index >= 15 is 0 Å². The molecule has 6 nitrogen and oxygen atoms in total. The highest BCUT2D eigenvalue weighted by Crippen LogP contribution is 2.46. The maximum Gasteiger partial charge on any atom is 0.410 e. The molecule has 0 aromatic heterocycles. The van der Waals surface area contributed by atoms with Crippen molar-refractivity contribution in [1.82, 2.24) is 9.80 Å². The zero-order chi connectivity index (χ0) is 22.4. The Hall–Kier alpha value is -1.46. The summed E-state index contributed by atoms with van der Waals surface area (Å²) in [4.78, 5) is 27.6. The number of amides is 2. The van der Waals surface area contributed by atoms with Gasteiger partial charge in [-0.1, -0.05) is 46.5 Å². The van der Waals surface area contributed by atoms with Gasteiger partial charge in [0.1, 0.15) is 12.2 Å². The fraction of sp³-hybridized carbons (Fsp3) is 0.917. The molecule has 0 radical (unpaired) electrons. The van der Waals surface area contributed by atoms with Gasteiger partial charge >= 0.3 is 12.2 Å². The maximum atomic E-state index is 12.0. The average Bonchev–Trinajstić information content (AvgIpc) is 3.38. The molecule has 0 aromatic rings. The molecule has 0 aromatic carbocycles. The number of unbranched alkanes of at least 4 members (excludes halogenated alkanes) is 2. The lowest BCUT2D eigenvalue weighted by atomic mass is 9.96. The van der Waals surface area contributed by atoms with Crippen molar-refractivity contribution >= 4 is 12.2 Å². The van der Waals surface area contributed by atoms with Gasteiger partial charge in [0.15, 0.2) is 0 Å². The highest BCUT2D eigenvalue weighted by molar-refractivity contribution is 5.72. The lowest BCUT2D eigenvalue weighted by Crippen LogP contribution is -2.45. The van der Waals surface area contributed by atoms with Crippen LogP contribution in [0.1, 0.15) is 92.9 Å². The molecule has 0 unspecified atom stereocenters. The Balaban J connectivity index is 0.000000343. The smallest absolute Gasteiger partial charge is 0.410 e. The maximum absolute atomic E-state index is 12.0. The quantitative estimate of drug-likeness (QED) is 0.503. The van der Waals surface area contributed by atoms with Crippen molar-refractivity contribution in [2.45, 2.75) is 104 Å². The van der Waals surface area contributed by atoms with E-state index in [1.807, 2.05) is 25.7 Å². The van der Waals surface area contributed by atoms with Gasteiger partial charge in [0.25, 0.3) is 0 Å². The molecule has 3 aliphatic rings. The van der Waals surface area contributed by atoms with Crippen LogP contribution in [0.3, 0.4) is 0 Å². The molecule has 3 rings (SSSR count). The normalized spacial score (nSPS) is 20.8. The molecule has 3 fully saturated rings. The fourth-order valence-electron chi connectivity index (χ4n) is 4.06. The SMILES string of the molecule is CC(C)(C)OC(=O)N1CCC(CN2C(=O)OCC23CC3)CC1.CCCCCC(C)C. The van der Waals surface area contributed by atoms with Crippen molar-refractivity contribution in [1.29, 1.82) is 0 Å². The number of carbonyl (C=O) groups is 2. The second-order valence-corrected chi connectivity index (χ2v) is 10.7. The van der Waals surface area contributed by atoms with Gasteiger partial charge < -0.3 is 14.4 Å². The van der Waals surface area contributed by atoms with Crippen LogP contribution in [0.15, 0.2) is 0 Å². The van der Waals surface area contributed by atoms with Crippen molar-refractivity contribution in [3.05, 3.63) is 0 Å². The van der Waals surface area contributed by atoms with E-state index in [2.05, 4.69) is 20.8 Å². The number of hydrogen-bond donors (Lipinski definition) is 0. The van der Waals surface area contributed by atoms with Crippen LogP contribution in [-0.4, -0.2) is 59.4 Å². The Bertz CT molecular complexity index is 558. The molecule has 2 amide bonds. The second-order valence-electron chi connectivity index (χ2n) is 10.7. The van der Waals surface area contributed by atoms with Gasteiger partial charge in [-0.2, -0.15) is 0 Å². The van der Waals surface area contributed by atoms with Gasteiger partial charge in [-0.05, 0) is 58.3 Å². The first-order chi connectivity index (χ1) is 14.1. The largest absolute Gasteiger partial charge is 0.447 e. The number of ether oxygens (including phenoxy) is 2. The molecule has 2 aliphatic heterocycles.